The van der Waals surface area contributed by atoms with E-state index in [4.69, 9.17) is 5.73 Å². The van der Waals surface area contributed by atoms with Gasteiger partial charge in [-0.25, -0.2) is 17.5 Å². The number of carbonyl (C=O) groups is 1. The summed E-state index contributed by atoms with van der Waals surface area (Å²) >= 11 is 2.88. The molecule has 112 valence electrons. The number of hydrogen-bond donors (Lipinski definition) is 3. The van der Waals surface area contributed by atoms with Crippen LogP contribution >= 0.6 is 15.9 Å². The van der Waals surface area contributed by atoms with Crippen LogP contribution in [0.15, 0.2) is 21.5 Å². The van der Waals surface area contributed by atoms with Crippen LogP contribution in [0.1, 0.15) is 13.3 Å². The third-order valence-electron chi connectivity index (χ3n) is 2.34. The van der Waals surface area contributed by atoms with Crippen molar-refractivity contribution in [3.05, 3.63) is 22.4 Å². The van der Waals surface area contributed by atoms with Crippen molar-refractivity contribution in [2.24, 2.45) is 0 Å². The number of nitrogens with two attached hydrogens (primary N) is 1. The summed E-state index contributed by atoms with van der Waals surface area (Å²) in [5, 5.41) is 2.53. The molecule has 0 fully saturated rings. The van der Waals surface area contributed by atoms with Gasteiger partial charge < -0.3 is 11.1 Å². The molecule has 0 radical (unpaired) electrons. The highest BCUT2D eigenvalue weighted by Gasteiger charge is 2.20. The summed E-state index contributed by atoms with van der Waals surface area (Å²) in [5.41, 5.74) is 5.25. The molecular formula is C11H15BrFN3O3S. The van der Waals surface area contributed by atoms with E-state index >= 15 is 0 Å². The van der Waals surface area contributed by atoms with Crippen molar-refractivity contribution in [2.45, 2.75) is 18.2 Å². The van der Waals surface area contributed by atoms with Gasteiger partial charge in [0.25, 0.3) is 0 Å². The minimum absolute atomic E-state index is 0.0255. The van der Waals surface area contributed by atoms with E-state index in [1.807, 2.05) is 6.92 Å². The Balaban J connectivity index is 2.84. The van der Waals surface area contributed by atoms with Crippen LogP contribution in [0.4, 0.5) is 10.1 Å². The smallest absolute Gasteiger partial charge is 0.243 e. The maximum absolute atomic E-state index is 13.2. The summed E-state index contributed by atoms with van der Waals surface area (Å²) in [4.78, 5) is 11.1. The molecule has 1 aromatic carbocycles. The molecule has 0 aromatic heterocycles. The van der Waals surface area contributed by atoms with Crippen LogP contribution in [0.3, 0.4) is 0 Å². The predicted octanol–water partition coefficient (Wildman–Crippen LogP) is 0.975. The van der Waals surface area contributed by atoms with Gasteiger partial charge in [0.2, 0.25) is 15.9 Å². The molecular weight excluding hydrogens is 353 g/mol. The number of rotatable bonds is 6. The van der Waals surface area contributed by atoms with E-state index in [1.54, 1.807) is 0 Å². The molecule has 0 saturated carbocycles. The van der Waals surface area contributed by atoms with Crippen molar-refractivity contribution < 1.29 is 17.6 Å². The van der Waals surface area contributed by atoms with E-state index < -0.39 is 28.3 Å². The Morgan fingerprint density at radius 3 is 2.70 bits per heavy atom. The third-order valence-corrected chi connectivity index (χ3v) is 4.40. The van der Waals surface area contributed by atoms with Gasteiger partial charge in [-0.15, -0.1) is 0 Å². The summed E-state index contributed by atoms with van der Waals surface area (Å²) in [6, 6.07) is 1.95. The lowest BCUT2D eigenvalue weighted by Gasteiger charge is -2.10. The maximum atomic E-state index is 13.2. The summed E-state index contributed by atoms with van der Waals surface area (Å²) < 4.78 is 39.2. The average Bonchev–Trinajstić information content (AvgIpc) is 2.38. The van der Waals surface area contributed by atoms with E-state index in [-0.39, 0.29) is 15.1 Å². The zero-order valence-electron chi connectivity index (χ0n) is 10.7. The van der Waals surface area contributed by atoms with Crippen LogP contribution < -0.4 is 15.8 Å². The van der Waals surface area contributed by atoms with Crippen molar-refractivity contribution in [2.75, 3.05) is 18.8 Å². The van der Waals surface area contributed by atoms with E-state index in [9.17, 15) is 17.6 Å². The standard InChI is InChI=1S/C11H15BrFN3O3S/c1-2-3-15-11(17)6-16-20(18,19)10-4-7(12)8(13)5-9(10)14/h4-5,16H,2-3,6,14H2,1H3,(H,15,17). The monoisotopic (exact) mass is 367 g/mol. The van der Waals surface area contributed by atoms with Gasteiger partial charge in [0.1, 0.15) is 10.7 Å². The number of hydrogen-bond acceptors (Lipinski definition) is 4. The average molecular weight is 368 g/mol. The highest BCUT2D eigenvalue weighted by Crippen LogP contribution is 2.25. The van der Waals surface area contributed by atoms with E-state index in [0.29, 0.717) is 6.54 Å². The lowest BCUT2D eigenvalue weighted by molar-refractivity contribution is -0.119. The maximum Gasteiger partial charge on any atom is 0.243 e. The SMILES string of the molecule is CCCNC(=O)CNS(=O)(=O)c1cc(Br)c(F)cc1N. The molecule has 1 rings (SSSR count). The van der Waals surface area contributed by atoms with Gasteiger partial charge in [-0.3, -0.25) is 4.79 Å². The predicted molar refractivity (Wildman–Crippen MR) is 77.0 cm³/mol. The molecule has 0 unspecified atom stereocenters. The second-order valence-electron chi connectivity index (χ2n) is 3.98. The summed E-state index contributed by atoms with van der Waals surface area (Å²) in [6.45, 7) is 1.93. The first kappa shape index (κ1) is 16.9. The zero-order chi connectivity index (χ0) is 15.3. The van der Waals surface area contributed by atoms with Gasteiger partial charge in [0.05, 0.1) is 16.7 Å². The molecule has 0 saturated heterocycles. The number of carbonyl (C=O) groups excluding carboxylic acids is 1. The Morgan fingerprint density at radius 1 is 1.45 bits per heavy atom. The molecule has 0 bridgehead atoms. The molecule has 20 heavy (non-hydrogen) atoms. The number of halogens is 2. The first-order chi connectivity index (χ1) is 9.27. The summed E-state index contributed by atoms with van der Waals surface area (Å²) in [7, 11) is -3.98. The molecule has 0 spiro atoms. The Bertz CT molecular complexity index is 607. The number of anilines is 1. The molecule has 9 heteroatoms. The van der Waals surface area contributed by atoms with Gasteiger partial charge >= 0.3 is 0 Å². The van der Waals surface area contributed by atoms with Crippen molar-refractivity contribution in [3.8, 4) is 0 Å². The van der Waals surface area contributed by atoms with Crippen molar-refractivity contribution in [3.63, 3.8) is 0 Å². The third kappa shape index (κ3) is 4.43. The number of benzene rings is 1. The van der Waals surface area contributed by atoms with Crippen LogP contribution in [-0.2, 0) is 14.8 Å². The second-order valence-corrected chi connectivity index (χ2v) is 6.57. The highest BCUT2D eigenvalue weighted by molar-refractivity contribution is 9.10. The van der Waals surface area contributed by atoms with Gasteiger partial charge in [-0.05, 0) is 34.5 Å². The van der Waals surface area contributed by atoms with Crippen molar-refractivity contribution in [1.29, 1.82) is 0 Å². The zero-order valence-corrected chi connectivity index (χ0v) is 13.1. The molecule has 0 aliphatic heterocycles. The van der Waals surface area contributed by atoms with Crippen LogP contribution in [0.25, 0.3) is 0 Å². The van der Waals surface area contributed by atoms with E-state index in [0.717, 1.165) is 18.6 Å². The molecule has 1 aromatic rings. The minimum atomic E-state index is -3.98. The lowest BCUT2D eigenvalue weighted by Crippen LogP contribution is -2.37. The molecule has 0 heterocycles. The Kier molecular flexibility index (Phi) is 5.90. The fourth-order valence-corrected chi connectivity index (χ4v) is 2.96. The van der Waals surface area contributed by atoms with Gasteiger partial charge in [0.15, 0.2) is 0 Å². The first-order valence-corrected chi connectivity index (χ1v) is 8.06. The topological polar surface area (TPSA) is 101 Å². The molecule has 6 nitrogen and oxygen atoms in total. The van der Waals surface area contributed by atoms with Crippen LogP contribution in [-0.4, -0.2) is 27.4 Å². The summed E-state index contributed by atoms with van der Waals surface area (Å²) in [5.74, 6) is -1.11. The fourth-order valence-electron chi connectivity index (χ4n) is 1.34. The molecule has 0 atom stereocenters. The first-order valence-electron chi connectivity index (χ1n) is 5.78. The largest absolute Gasteiger partial charge is 0.398 e. The molecule has 4 N–H and O–H groups in total. The summed E-state index contributed by atoms with van der Waals surface area (Å²) in [6.07, 6.45) is 0.746. The van der Waals surface area contributed by atoms with Crippen molar-refractivity contribution in [1.82, 2.24) is 10.0 Å². The molecule has 0 aliphatic carbocycles. The Hall–Kier alpha value is -1.19. The van der Waals surface area contributed by atoms with Crippen LogP contribution in [0.2, 0.25) is 0 Å². The fraction of sp³-hybridized carbons (Fsp3) is 0.364. The highest BCUT2D eigenvalue weighted by atomic mass is 79.9. The van der Waals surface area contributed by atoms with Gasteiger partial charge in [-0.2, -0.15) is 0 Å². The minimum Gasteiger partial charge on any atom is -0.398 e. The molecule has 1 amide bonds. The van der Waals surface area contributed by atoms with Crippen molar-refractivity contribution >= 4 is 37.5 Å². The Labute approximate surface area is 125 Å². The number of amides is 1. The lowest BCUT2D eigenvalue weighted by atomic mass is 10.3. The van der Waals surface area contributed by atoms with Gasteiger partial charge in [0, 0.05) is 6.54 Å². The van der Waals surface area contributed by atoms with Gasteiger partial charge in [-0.1, -0.05) is 6.92 Å². The second kappa shape index (κ2) is 7.00. The number of nitrogen functional groups attached to an aromatic ring is 1. The number of nitrogens with one attached hydrogen (secondary N) is 2. The van der Waals surface area contributed by atoms with Crippen LogP contribution in [0.5, 0.6) is 0 Å². The van der Waals surface area contributed by atoms with E-state index in [2.05, 4.69) is 26.0 Å². The normalized spacial score (nSPS) is 11.3. The Morgan fingerprint density at radius 2 is 2.10 bits per heavy atom. The van der Waals surface area contributed by atoms with Crippen LogP contribution in [0, 0.1) is 5.82 Å². The van der Waals surface area contributed by atoms with E-state index in [1.165, 1.54) is 0 Å². The number of sulfonamides is 1. The molecule has 0 aliphatic rings. The quantitative estimate of drug-likeness (QED) is 0.652.